The first-order valence-corrected chi connectivity index (χ1v) is 12.3. The Morgan fingerprint density at radius 3 is 2.08 bits per heavy atom. The van der Waals surface area contributed by atoms with E-state index in [1.807, 2.05) is 66.7 Å². The van der Waals surface area contributed by atoms with Gasteiger partial charge in [-0.3, -0.25) is 4.79 Å². The van der Waals surface area contributed by atoms with Crippen LogP contribution in [0.4, 0.5) is 5.82 Å². The Morgan fingerprint density at radius 1 is 0.889 bits per heavy atom. The van der Waals surface area contributed by atoms with Crippen LogP contribution in [-0.2, 0) is 4.79 Å². The third-order valence-electron chi connectivity index (χ3n) is 6.78. The van der Waals surface area contributed by atoms with E-state index in [1.165, 1.54) is 0 Å². The van der Waals surface area contributed by atoms with Crippen molar-refractivity contribution >= 4 is 11.7 Å². The molecule has 0 radical (unpaired) electrons. The molecule has 6 heteroatoms. The summed E-state index contributed by atoms with van der Waals surface area (Å²) >= 11 is 0. The Hall–Kier alpha value is -4.19. The molecule has 36 heavy (non-hydrogen) atoms. The molecule has 0 spiro atoms. The van der Waals surface area contributed by atoms with Crippen molar-refractivity contribution in [3.63, 3.8) is 0 Å². The average molecular weight is 479 g/mol. The minimum absolute atomic E-state index is 0.0286. The van der Waals surface area contributed by atoms with Crippen LogP contribution in [0.2, 0.25) is 0 Å². The summed E-state index contributed by atoms with van der Waals surface area (Å²) < 4.78 is 5.25. The molecule has 1 aliphatic heterocycles. The SMILES string of the molecule is COc1ccc(-c2cc(N3CCC(C(=O)NC(c4ccccc4)c4ccccc4)CC3)ncn2)cc1. The van der Waals surface area contributed by atoms with Gasteiger partial charge in [0, 0.05) is 30.6 Å². The molecule has 0 unspecified atom stereocenters. The molecule has 5 rings (SSSR count). The van der Waals surface area contributed by atoms with Crippen LogP contribution in [0, 0.1) is 5.92 Å². The highest BCUT2D eigenvalue weighted by atomic mass is 16.5. The number of nitrogens with one attached hydrogen (secondary N) is 1. The van der Waals surface area contributed by atoms with E-state index in [0.717, 1.165) is 59.9 Å². The minimum atomic E-state index is -0.160. The molecule has 0 atom stereocenters. The van der Waals surface area contributed by atoms with Gasteiger partial charge in [-0.2, -0.15) is 0 Å². The van der Waals surface area contributed by atoms with Gasteiger partial charge in [-0.05, 0) is 48.2 Å². The number of hydrogen-bond acceptors (Lipinski definition) is 5. The number of ether oxygens (including phenoxy) is 1. The van der Waals surface area contributed by atoms with Gasteiger partial charge in [-0.15, -0.1) is 0 Å². The van der Waals surface area contributed by atoms with E-state index in [2.05, 4.69) is 44.5 Å². The minimum Gasteiger partial charge on any atom is -0.497 e. The summed E-state index contributed by atoms with van der Waals surface area (Å²) in [6.45, 7) is 1.55. The number of benzene rings is 3. The highest BCUT2D eigenvalue weighted by Gasteiger charge is 2.28. The van der Waals surface area contributed by atoms with E-state index in [-0.39, 0.29) is 17.9 Å². The Bertz CT molecular complexity index is 1230. The molecular weight excluding hydrogens is 448 g/mol. The first-order chi connectivity index (χ1) is 17.7. The van der Waals surface area contributed by atoms with E-state index in [4.69, 9.17) is 4.74 Å². The van der Waals surface area contributed by atoms with Crippen molar-refractivity contribution in [1.82, 2.24) is 15.3 Å². The molecule has 182 valence electrons. The smallest absolute Gasteiger partial charge is 0.223 e. The summed E-state index contributed by atoms with van der Waals surface area (Å²) in [5.41, 5.74) is 4.06. The van der Waals surface area contributed by atoms with Gasteiger partial charge < -0.3 is 15.0 Å². The highest BCUT2D eigenvalue weighted by Crippen LogP contribution is 2.28. The van der Waals surface area contributed by atoms with Crippen molar-refractivity contribution in [2.24, 2.45) is 5.92 Å². The Kier molecular flexibility index (Phi) is 7.22. The van der Waals surface area contributed by atoms with Crippen molar-refractivity contribution in [2.45, 2.75) is 18.9 Å². The molecule has 0 saturated carbocycles. The summed E-state index contributed by atoms with van der Waals surface area (Å²) in [7, 11) is 1.66. The quantitative estimate of drug-likeness (QED) is 0.392. The fourth-order valence-electron chi connectivity index (χ4n) is 4.72. The molecule has 1 aliphatic rings. The maximum atomic E-state index is 13.3. The van der Waals surface area contributed by atoms with E-state index >= 15 is 0 Å². The molecular formula is C30H30N4O2. The molecule has 1 saturated heterocycles. The van der Waals surface area contributed by atoms with Gasteiger partial charge in [0.2, 0.25) is 5.91 Å². The molecule has 1 aromatic heterocycles. The molecule has 3 aromatic carbocycles. The first-order valence-electron chi connectivity index (χ1n) is 12.3. The second kappa shape index (κ2) is 11.0. The number of nitrogens with zero attached hydrogens (tertiary/aromatic N) is 3. The van der Waals surface area contributed by atoms with E-state index in [0.29, 0.717) is 0 Å². The lowest BCUT2D eigenvalue weighted by Crippen LogP contribution is -2.42. The maximum absolute atomic E-state index is 13.3. The summed E-state index contributed by atoms with van der Waals surface area (Å²) in [5.74, 6) is 1.78. The topological polar surface area (TPSA) is 67.3 Å². The molecule has 4 aromatic rings. The molecule has 0 bridgehead atoms. The second-order valence-corrected chi connectivity index (χ2v) is 9.01. The number of carbonyl (C=O) groups is 1. The van der Waals surface area contributed by atoms with Gasteiger partial charge in [-0.25, -0.2) is 9.97 Å². The number of rotatable bonds is 7. The van der Waals surface area contributed by atoms with Gasteiger partial charge in [0.05, 0.1) is 18.8 Å². The molecule has 1 N–H and O–H groups in total. The third-order valence-corrected chi connectivity index (χ3v) is 6.78. The van der Waals surface area contributed by atoms with Crippen LogP contribution in [0.3, 0.4) is 0 Å². The monoisotopic (exact) mass is 478 g/mol. The number of anilines is 1. The van der Waals surface area contributed by atoms with Crippen molar-refractivity contribution in [2.75, 3.05) is 25.1 Å². The Labute approximate surface area is 212 Å². The van der Waals surface area contributed by atoms with Crippen LogP contribution in [-0.4, -0.2) is 36.1 Å². The second-order valence-electron chi connectivity index (χ2n) is 9.01. The van der Waals surface area contributed by atoms with Gasteiger partial charge in [0.1, 0.15) is 17.9 Å². The molecule has 0 aliphatic carbocycles. The average Bonchev–Trinajstić information content (AvgIpc) is 2.97. The van der Waals surface area contributed by atoms with Crippen molar-refractivity contribution in [1.29, 1.82) is 0 Å². The van der Waals surface area contributed by atoms with Gasteiger partial charge in [0.25, 0.3) is 0 Å². The lowest BCUT2D eigenvalue weighted by Gasteiger charge is -2.33. The lowest BCUT2D eigenvalue weighted by molar-refractivity contribution is -0.126. The molecule has 6 nitrogen and oxygen atoms in total. The van der Waals surface area contributed by atoms with Crippen LogP contribution >= 0.6 is 0 Å². The Balaban J connectivity index is 1.24. The summed E-state index contributed by atoms with van der Waals surface area (Å²) in [4.78, 5) is 24.5. The lowest BCUT2D eigenvalue weighted by atomic mass is 9.93. The Morgan fingerprint density at radius 2 is 1.50 bits per heavy atom. The number of carbonyl (C=O) groups excluding carboxylic acids is 1. The van der Waals surface area contributed by atoms with Gasteiger partial charge >= 0.3 is 0 Å². The number of hydrogen-bond donors (Lipinski definition) is 1. The molecule has 1 fully saturated rings. The van der Waals surface area contributed by atoms with E-state index in [9.17, 15) is 4.79 Å². The number of methoxy groups -OCH3 is 1. The van der Waals surface area contributed by atoms with Crippen LogP contribution in [0.15, 0.2) is 97.3 Å². The zero-order chi connectivity index (χ0) is 24.7. The summed E-state index contributed by atoms with van der Waals surface area (Å²) in [6, 6.07) is 30.0. The predicted octanol–water partition coefficient (Wildman–Crippen LogP) is 5.27. The predicted molar refractivity (Wildman–Crippen MR) is 142 cm³/mol. The first kappa shape index (κ1) is 23.5. The van der Waals surface area contributed by atoms with Crippen LogP contribution in [0.1, 0.15) is 30.0 Å². The van der Waals surface area contributed by atoms with Crippen LogP contribution in [0.5, 0.6) is 5.75 Å². The number of amides is 1. The maximum Gasteiger partial charge on any atom is 0.223 e. The van der Waals surface area contributed by atoms with Crippen LogP contribution < -0.4 is 15.0 Å². The van der Waals surface area contributed by atoms with Gasteiger partial charge in [-0.1, -0.05) is 60.7 Å². The van der Waals surface area contributed by atoms with E-state index < -0.39 is 0 Å². The largest absolute Gasteiger partial charge is 0.497 e. The van der Waals surface area contributed by atoms with Crippen molar-refractivity contribution < 1.29 is 9.53 Å². The van der Waals surface area contributed by atoms with E-state index in [1.54, 1.807) is 13.4 Å². The fraction of sp³-hybridized carbons (Fsp3) is 0.233. The van der Waals surface area contributed by atoms with Crippen molar-refractivity contribution in [3.05, 3.63) is 108 Å². The molecule has 2 heterocycles. The van der Waals surface area contributed by atoms with Crippen LogP contribution in [0.25, 0.3) is 11.3 Å². The summed E-state index contributed by atoms with van der Waals surface area (Å²) in [6.07, 6.45) is 3.17. The van der Waals surface area contributed by atoms with Crippen molar-refractivity contribution in [3.8, 4) is 17.0 Å². The zero-order valence-corrected chi connectivity index (χ0v) is 20.4. The zero-order valence-electron chi connectivity index (χ0n) is 20.4. The molecule has 1 amide bonds. The van der Waals surface area contributed by atoms with Gasteiger partial charge in [0.15, 0.2) is 0 Å². The number of aromatic nitrogens is 2. The number of piperidine rings is 1. The highest BCUT2D eigenvalue weighted by molar-refractivity contribution is 5.80. The standard InChI is InChI=1S/C30H30N4O2/c1-36-26-14-12-22(13-15-26)27-20-28(32-21-31-27)34-18-16-25(17-19-34)30(35)33-29(23-8-4-2-5-9-23)24-10-6-3-7-11-24/h2-15,20-21,25,29H,16-19H2,1H3,(H,33,35). The third kappa shape index (κ3) is 5.38. The summed E-state index contributed by atoms with van der Waals surface area (Å²) in [5, 5.41) is 3.32. The fourth-order valence-corrected chi connectivity index (χ4v) is 4.72. The normalized spacial score (nSPS) is 14.0.